The van der Waals surface area contributed by atoms with Crippen molar-refractivity contribution in [3.05, 3.63) is 40.1 Å². The van der Waals surface area contributed by atoms with Gasteiger partial charge in [0.15, 0.2) is 0 Å². The molecule has 0 aromatic carbocycles. The van der Waals surface area contributed by atoms with Crippen molar-refractivity contribution < 1.29 is 9.32 Å². The fourth-order valence-electron chi connectivity index (χ4n) is 6.75. The van der Waals surface area contributed by atoms with Gasteiger partial charge in [-0.2, -0.15) is 0 Å². The average molecular weight is 607 g/mol. The largest absolute Gasteiger partial charge is 0.439 e. The number of imidazole rings is 1. The zero-order valence-electron chi connectivity index (χ0n) is 25.4. The Balaban J connectivity index is 1.54. The van der Waals surface area contributed by atoms with Crippen LogP contribution in [-0.2, 0) is 11.3 Å². The lowest BCUT2D eigenvalue weighted by Gasteiger charge is -2.45. The number of H-pyrrole nitrogens is 1. The number of hydrogen-bond donors (Lipinski definition) is 1. The molecular weight excluding hydrogens is 568 g/mol. The minimum absolute atomic E-state index is 0.0454. The summed E-state index contributed by atoms with van der Waals surface area (Å²) in [4.78, 5) is 46.3. The number of amides is 1. The zero-order chi connectivity index (χ0) is 30.4. The van der Waals surface area contributed by atoms with Crippen molar-refractivity contribution in [2.75, 3.05) is 18.0 Å². The van der Waals surface area contributed by atoms with Gasteiger partial charge in [0.05, 0.1) is 21.7 Å². The number of rotatable bonds is 6. The van der Waals surface area contributed by atoms with Crippen molar-refractivity contribution in [3.8, 4) is 22.8 Å². The Labute approximate surface area is 255 Å². The maximum Gasteiger partial charge on any atom is 0.439 e. The Bertz CT molecular complexity index is 1670. The zero-order valence-corrected chi connectivity index (χ0v) is 26.1. The van der Waals surface area contributed by atoms with Crippen molar-refractivity contribution in [2.45, 2.75) is 78.9 Å². The summed E-state index contributed by atoms with van der Waals surface area (Å²) in [6, 6.07) is 3.78. The van der Waals surface area contributed by atoms with Crippen LogP contribution < -0.4 is 10.7 Å². The highest BCUT2D eigenvalue weighted by molar-refractivity contribution is 6.30. The van der Waals surface area contributed by atoms with Gasteiger partial charge in [-0.25, -0.2) is 14.8 Å². The molecule has 43 heavy (non-hydrogen) atoms. The van der Waals surface area contributed by atoms with E-state index in [-0.39, 0.29) is 29.7 Å². The van der Waals surface area contributed by atoms with Crippen LogP contribution >= 0.6 is 11.6 Å². The monoisotopic (exact) mass is 606 g/mol. The number of aromatic amines is 1. The third-order valence-electron chi connectivity index (χ3n) is 8.90. The predicted molar refractivity (Wildman–Crippen MR) is 166 cm³/mol. The van der Waals surface area contributed by atoms with Gasteiger partial charge in [0.25, 0.3) is 0 Å². The normalized spacial score (nSPS) is 23.0. The third-order valence-corrected chi connectivity index (χ3v) is 9.10. The standard InChI is InChI=1S/C31H39ClN8O3/c1-17(2)29(41)38-14-19(4)40(20(5)15-38)30-35-24-11-25(28-36-31(42)43-37-28)34-26(22-10-23(32)13-33-12-22)27(24)39(30)16-21-8-6-18(3)7-9-21/h10-13,17-21H,6-9,14-16H2,1-5H3,(H,36,37,42)/t18?,19-,20-,21?/m1/s1. The highest BCUT2D eigenvalue weighted by atomic mass is 35.5. The van der Waals surface area contributed by atoms with Gasteiger partial charge in [-0.05, 0) is 50.7 Å². The maximum atomic E-state index is 13.0. The van der Waals surface area contributed by atoms with E-state index in [2.05, 4.69) is 45.4 Å². The molecule has 2 atom stereocenters. The van der Waals surface area contributed by atoms with Gasteiger partial charge < -0.3 is 14.4 Å². The van der Waals surface area contributed by atoms with E-state index in [9.17, 15) is 9.59 Å². The summed E-state index contributed by atoms with van der Waals surface area (Å²) < 4.78 is 7.12. The quantitative estimate of drug-likeness (QED) is 0.309. The molecule has 2 fully saturated rings. The summed E-state index contributed by atoms with van der Waals surface area (Å²) in [5.41, 5.74) is 3.44. The number of aromatic nitrogens is 6. The molecule has 0 radical (unpaired) electrons. The van der Waals surface area contributed by atoms with E-state index in [4.69, 9.17) is 26.1 Å². The molecule has 1 aliphatic carbocycles. The SMILES string of the molecule is CC1CCC(Cn2c(N3[C@H](C)CN(C(=O)C(C)C)C[C@H]3C)nc3cc(-c4noc(=O)[nH]4)nc(-c4cncc(Cl)c4)c32)CC1. The summed E-state index contributed by atoms with van der Waals surface area (Å²) in [5, 5.41) is 4.39. The summed E-state index contributed by atoms with van der Waals surface area (Å²) in [6.45, 7) is 12.6. The maximum absolute atomic E-state index is 13.0. The fraction of sp³-hybridized carbons (Fsp3) is 0.548. The second-order valence-corrected chi connectivity index (χ2v) is 13.1. The number of nitrogens with zero attached hydrogens (tertiary/aromatic N) is 7. The fourth-order valence-corrected chi connectivity index (χ4v) is 6.92. The first-order chi connectivity index (χ1) is 20.6. The van der Waals surface area contributed by atoms with Crippen LogP contribution in [0.5, 0.6) is 0 Å². The summed E-state index contributed by atoms with van der Waals surface area (Å²) in [6.07, 6.45) is 8.06. The van der Waals surface area contributed by atoms with Crippen LogP contribution in [0.4, 0.5) is 5.95 Å². The Hall–Kier alpha value is -3.73. The van der Waals surface area contributed by atoms with Gasteiger partial charge in [-0.15, -0.1) is 0 Å². The number of carbonyl (C=O) groups excluding carboxylic acids is 1. The second-order valence-electron chi connectivity index (χ2n) is 12.7. The Morgan fingerprint density at radius 2 is 1.79 bits per heavy atom. The van der Waals surface area contributed by atoms with Crippen LogP contribution in [0.3, 0.4) is 0 Å². The first-order valence-corrected chi connectivity index (χ1v) is 15.6. The molecule has 1 aliphatic heterocycles. The Kier molecular flexibility index (Phi) is 8.02. The van der Waals surface area contributed by atoms with Gasteiger partial charge in [0.2, 0.25) is 17.7 Å². The molecule has 5 heterocycles. The van der Waals surface area contributed by atoms with Gasteiger partial charge in [0.1, 0.15) is 5.69 Å². The molecule has 0 unspecified atom stereocenters. The van der Waals surface area contributed by atoms with Crippen LogP contribution in [0, 0.1) is 17.8 Å². The molecule has 1 saturated heterocycles. The van der Waals surface area contributed by atoms with Gasteiger partial charge in [0, 0.05) is 55.6 Å². The van der Waals surface area contributed by atoms with E-state index in [1.165, 1.54) is 12.8 Å². The summed E-state index contributed by atoms with van der Waals surface area (Å²) in [7, 11) is 0. The van der Waals surface area contributed by atoms with Gasteiger partial charge in [-0.3, -0.25) is 19.3 Å². The lowest BCUT2D eigenvalue weighted by atomic mass is 9.83. The molecule has 2 aliphatic rings. The van der Waals surface area contributed by atoms with E-state index in [1.54, 1.807) is 12.4 Å². The van der Waals surface area contributed by atoms with Crippen LogP contribution in [0.1, 0.15) is 60.3 Å². The molecule has 4 aromatic heterocycles. The van der Waals surface area contributed by atoms with Crippen LogP contribution in [0.25, 0.3) is 33.8 Å². The molecule has 228 valence electrons. The number of fused-ring (bicyclic) bond motifs is 1. The molecular formula is C31H39ClN8O3. The number of nitrogens with one attached hydrogen (secondary N) is 1. The molecule has 1 saturated carbocycles. The van der Waals surface area contributed by atoms with Crippen LogP contribution in [-0.4, -0.2) is 65.6 Å². The predicted octanol–water partition coefficient (Wildman–Crippen LogP) is 5.40. The lowest BCUT2D eigenvalue weighted by Crippen LogP contribution is -2.59. The van der Waals surface area contributed by atoms with E-state index < -0.39 is 5.76 Å². The number of anilines is 1. The van der Waals surface area contributed by atoms with E-state index >= 15 is 0 Å². The van der Waals surface area contributed by atoms with Crippen molar-refractivity contribution in [2.24, 2.45) is 17.8 Å². The van der Waals surface area contributed by atoms with E-state index in [0.717, 1.165) is 47.8 Å². The van der Waals surface area contributed by atoms with Crippen LogP contribution in [0.15, 0.2) is 33.8 Å². The number of halogens is 1. The Morgan fingerprint density at radius 3 is 2.42 bits per heavy atom. The van der Waals surface area contributed by atoms with Gasteiger partial charge >= 0.3 is 5.76 Å². The molecule has 1 amide bonds. The third kappa shape index (κ3) is 5.79. The molecule has 1 N–H and O–H groups in total. The van der Waals surface area contributed by atoms with Crippen molar-refractivity contribution >= 4 is 34.5 Å². The number of hydrogen-bond acceptors (Lipinski definition) is 8. The van der Waals surface area contributed by atoms with Gasteiger partial charge in [-0.1, -0.05) is 50.4 Å². The van der Waals surface area contributed by atoms with E-state index in [0.29, 0.717) is 35.4 Å². The molecule has 12 heteroatoms. The van der Waals surface area contributed by atoms with Crippen molar-refractivity contribution in [1.29, 1.82) is 0 Å². The summed E-state index contributed by atoms with van der Waals surface area (Å²) >= 11 is 6.41. The number of pyridine rings is 2. The highest BCUT2D eigenvalue weighted by Gasteiger charge is 2.36. The molecule has 11 nitrogen and oxygen atoms in total. The molecule has 6 rings (SSSR count). The van der Waals surface area contributed by atoms with Crippen molar-refractivity contribution in [3.63, 3.8) is 0 Å². The van der Waals surface area contributed by atoms with E-state index in [1.807, 2.05) is 30.9 Å². The minimum atomic E-state index is -0.655. The molecule has 0 bridgehead atoms. The molecule has 0 spiro atoms. The summed E-state index contributed by atoms with van der Waals surface area (Å²) in [5.74, 6) is 1.79. The van der Waals surface area contributed by atoms with Crippen LogP contribution in [0.2, 0.25) is 5.02 Å². The first-order valence-electron chi connectivity index (χ1n) is 15.2. The smallest absolute Gasteiger partial charge is 0.338 e. The topological polar surface area (TPSA) is 126 Å². The lowest BCUT2D eigenvalue weighted by molar-refractivity contribution is -0.135. The number of carbonyl (C=O) groups is 1. The second kappa shape index (κ2) is 11.7. The average Bonchev–Trinajstić information content (AvgIpc) is 3.56. The highest BCUT2D eigenvalue weighted by Crippen LogP contribution is 2.38. The number of piperazine rings is 1. The Morgan fingerprint density at radius 1 is 1.07 bits per heavy atom. The minimum Gasteiger partial charge on any atom is -0.338 e. The first kappa shape index (κ1) is 29.3. The van der Waals surface area contributed by atoms with Crippen molar-refractivity contribution in [1.82, 2.24) is 34.6 Å². The molecule has 4 aromatic rings.